The maximum Gasteiger partial charge on any atom is 0.335 e. The first kappa shape index (κ1) is 45.4. The van der Waals surface area contributed by atoms with E-state index in [9.17, 15) is 9.36 Å². The van der Waals surface area contributed by atoms with Crippen molar-refractivity contribution in [3.63, 3.8) is 0 Å². The summed E-state index contributed by atoms with van der Waals surface area (Å²) >= 11 is 6.84. The summed E-state index contributed by atoms with van der Waals surface area (Å²) in [5.41, 5.74) is 11.1. The SMILES string of the molecule is Brc1ccc(/C=C/c2ccc3c(c2)c2ccccc2n3-c2ccccc2)cc1.CCOP(=O)(Cc1ccc(Br)cc1)OCC.O=Cc1ccc2c(c1)c1ccccc1n2-c1ccccc1. The van der Waals surface area contributed by atoms with Crippen LogP contribution in [0.25, 0.3) is 67.1 Å². The predicted molar refractivity (Wildman–Crippen MR) is 279 cm³/mol. The number of para-hydroxylation sites is 4. The van der Waals surface area contributed by atoms with Crippen molar-refractivity contribution in [2.24, 2.45) is 0 Å². The lowest BCUT2D eigenvalue weighted by Crippen LogP contribution is -1.98. The second kappa shape index (κ2) is 21.2. The third-order valence-electron chi connectivity index (χ3n) is 10.8. The van der Waals surface area contributed by atoms with E-state index >= 15 is 0 Å². The smallest absolute Gasteiger partial charge is 0.309 e. The Labute approximate surface area is 396 Å². The van der Waals surface area contributed by atoms with E-state index in [2.05, 4.69) is 174 Å². The predicted octanol–water partition coefficient (Wildman–Crippen LogP) is 16.5. The van der Waals surface area contributed by atoms with E-state index in [0.717, 1.165) is 42.9 Å². The number of aromatic nitrogens is 2. The van der Waals surface area contributed by atoms with Gasteiger partial charge in [0.2, 0.25) is 0 Å². The van der Waals surface area contributed by atoms with Gasteiger partial charge < -0.3 is 18.2 Å². The minimum Gasteiger partial charge on any atom is -0.309 e. The van der Waals surface area contributed by atoms with Crippen molar-refractivity contribution in [3.8, 4) is 11.4 Å². The van der Waals surface area contributed by atoms with Crippen LogP contribution in [0.2, 0.25) is 0 Å². The lowest BCUT2D eigenvalue weighted by molar-refractivity contribution is 0.112. The van der Waals surface area contributed by atoms with Crippen molar-refractivity contribution in [3.05, 3.63) is 225 Å². The number of carbonyl (C=O) groups excluding carboxylic acids is 1. The molecule has 8 aromatic carbocycles. The highest BCUT2D eigenvalue weighted by Crippen LogP contribution is 2.51. The van der Waals surface area contributed by atoms with Crippen LogP contribution in [0.15, 0.2) is 203 Å². The molecule has 0 bridgehead atoms. The van der Waals surface area contributed by atoms with Crippen molar-refractivity contribution >= 4 is 102 Å². The van der Waals surface area contributed by atoms with Gasteiger partial charge in [-0.05, 0) is 122 Å². The summed E-state index contributed by atoms with van der Waals surface area (Å²) in [5.74, 6) is 0. The molecule has 0 spiro atoms. The number of carbonyl (C=O) groups is 1. The van der Waals surface area contributed by atoms with Crippen LogP contribution in [0, 0.1) is 0 Å². The number of hydrogen-bond donors (Lipinski definition) is 0. The molecule has 0 aliphatic heterocycles. The van der Waals surface area contributed by atoms with Crippen molar-refractivity contribution in [2.75, 3.05) is 13.2 Å². The summed E-state index contributed by atoms with van der Waals surface area (Å²) in [4.78, 5) is 11.1. The van der Waals surface area contributed by atoms with Crippen LogP contribution in [0.1, 0.15) is 40.9 Å². The molecule has 0 saturated heterocycles. The van der Waals surface area contributed by atoms with Crippen LogP contribution in [0.4, 0.5) is 0 Å². The molecule has 0 unspecified atom stereocenters. The molecule has 0 aliphatic carbocycles. The summed E-state index contributed by atoms with van der Waals surface area (Å²) < 4.78 is 29.3. The van der Waals surface area contributed by atoms with Gasteiger partial charge in [-0.3, -0.25) is 9.36 Å². The van der Waals surface area contributed by atoms with Crippen molar-refractivity contribution in [1.29, 1.82) is 0 Å². The van der Waals surface area contributed by atoms with Crippen LogP contribution in [0.3, 0.4) is 0 Å². The minimum atomic E-state index is -2.97. The van der Waals surface area contributed by atoms with E-state index in [4.69, 9.17) is 9.05 Å². The quantitative estimate of drug-likeness (QED) is 0.0736. The molecule has 0 amide bonds. The molecule has 0 fully saturated rings. The van der Waals surface area contributed by atoms with E-state index < -0.39 is 7.60 Å². The third kappa shape index (κ3) is 10.7. The van der Waals surface area contributed by atoms with Gasteiger partial charge in [0.05, 0.1) is 41.4 Å². The lowest BCUT2D eigenvalue weighted by Gasteiger charge is -2.16. The summed E-state index contributed by atoms with van der Waals surface area (Å²) in [7, 11) is -2.97. The molecule has 0 atom stereocenters. The Morgan fingerprint density at radius 1 is 0.462 bits per heavy atom. The molecule has 6 nitrogen and oxygen atoms in total. The third-order valence-corrected chi connectivity index (χ3v) is 14.0. The van der Waals surface area contributed by atoms with Gasteiger partial charge in [-0.25, -0.2) is 0 Å². The highest BCUT2D eigenvalue weighted by molar-refractivity contribution is 9.10. The van der Waals surface area contributed by atoms with Crippen molar-refractivity contribution < 1.29 is 18.4 Å². The Hall–Kier alpha value is -6.12. The maximum atomic E-state index is 12.2. The molecule has 0 saturated carbocycles. The molecule has 9 heteroatoms. The highest BCUT2D eigenvalue weighted by Gasteiger charge is 2.24. The maximum absolute atomic E-state index is 12.2. The van der Waals surface area contributed by atoms with E-state index in [-0.39, 0.29) is 0 Å². The summed E-state index contributed by atoms with van der Waals surface area (Å²) in [5, 5.41) is 4.83. The molecule has 324 valence electrons. The monoisotopic (exact) mass is 1000 g/mol. The Balaban J connectivity index is 0.000000139. The standard InChI is InChI=1S/C26H18BrN.C19H13NO.C11H16BrO3P/c27-21-15-12-19(13-16-21)10-11-20-14-17-26-24(18-20)23-8-4-5-9-25(23)28(26)22-6-2-1-3-7-22;21-13-14-10-11-19-17(12-14)16-8-4-5-9-18(16)20(19)15-6-2-1-3-7-15;1-3-14-16(13,15-4-2)9-10-5-7-11(12)8-6-10/h1-18H;1-13H;5-8H,3-4,9H2,1-2H3/b11-10+;;. The Morgan fingerprint density at radius 2 is 0.862 bits per heavy atom. The van der Waals surface area contributed by atoms with E-state index in [1.807, 2.05) is 86.6 Å². The van der Waals surface area contributed by atoms with E-state index in [0.29, 0.717) is 24.9 Å². The first-order chi connectivity index (χ1) is 31.8. The fourth-order valence-corrected chi connectivity index (χ4v) is 10.2. The zero-order valence-corrected chi connectivity index (χ0v) is 40.1. The topological polar surface area (TPSA) is 62.5 Å². The molecular formula is C56H47Br2N2O4P. The first-order valence-corrected chi connectivity index (χ1v) is 24.8. The average Bonchev–Trinajstić information content (AvgIpc) is 3.85. The molecular weight excluding hydrogens is 955 g/mol. The molecule has 0 N–H and O–H groups in total. The molecule has 0 radical (unpaired) electrons. The van der Waals surface area contributed by atoms with Gasteiger partial charge in [0.1, 0.15) is 6.29 Å². The van der Waals surface area contributed by atoms with Gasteiger partial charge in [0.25, 0.3) is 0 Å². The fraction of sp³-hybridized carbons (Fsp3) is 0.0893. The van der Waals surface area contributed by atoms with Gasteiger partial charge >= 0.3 is 7.60 Å². The molecule has 10 aromatic rings. The van der Waals surface area contributed by atoms with Crippen molar-refractivity contribution in [1.82, 2.24) is 9.13 Å². The van der Waals surface area contributed by atoms with Crippen LogP contribution in [-0.2, 0) is 19.8 Å². The number of benzene rings is 8. The lowest BCUT2D eigenvalue weighted by atomic mass is 10.1. The van der Waals surface area contributed by atoms with Gasteiger partial charge in [-0.15, -0.1) is 0 Å². The molecule has 2 aromatic heterocycles. The minimum absolute atomic E-state index is 0.321. The molecule has 65 heavy (non-hydrogen) atoms. The Bertz CT molecular complexity index is 3260. The van der Waals surface area contributed by atoms with Gasteiger partial charge in [0, 0.05) is 47.4 Å². The summed E-state index contributed by atoms with van der Waals surface area (Å²) in [6.45, 7) is 4.42. The van der Waals surface area contributed by atoms with Crippen LogP contribution in [-0.4, -0.2) is 28.6 Å². The Morgan fingerprint density at radius 3 is 1.35 bits per heavy atom. The normalized spacial score (nSPS) is 11.4. The van der Waals surface area contributed by atoms with E-state index in [1.54, 1.807) is 0 Å². The summed E-state index contributed by atoms with van der Waals surface area (Å²) in [6.07, 6.45) is 5.55. The number of hydrogen-bond acceptors (Lipinski definition) is 4. The highest BCUT2D eigenvalue weighted by atomic mass is 79.9. The average molecular weight is 1000 g/mol. The van der Waals surface area contributed by atoms with Gasteiger partial charge in [-0.2, -0.15) is 0 Å². The second-order valence-corrected chi connectivity index (χ2v) is 19.0. The molecule has 0 aliphatic rings. The van der Waals surface area contributed by atoms with Crippen LogP contribution < -0.4 is 0 Å². The number of fused-ring (bicyclic) bond motifs is 6. The van der Waals surface area contributed by atoms with E-state index in [1.165, 1.54) is 44.0 Å². The second-order valence-electron chi connectivity index (χ2n) is 15.2. The number of aldehydes is 1. The first-order valence-electron chi connectivity index (χ1n) is 21.5. The zero-order chi connectivity index (χ0) is 45.2. The number of nitrogens with zero attached hydrogens (tertiary/aromatic N) is 2. The largest absolute Gasteiger partial charge is 0.335 e. The van der Waals surface area contributed by atoms with Crippen LogP contribution in [0.5, 0.6) is 0 Å². The van der Waals surface area contributed by atoms with Gasteiger partial charge in [0.15, 0.2) is 0 Å². The van der Waals surface area contributed by atoms with Crippen LogP contribution >= 0.6 is 39.5 Å². The van der Waals surface area contributed by atoms with Crippen molar-refractivity contribution in [2.45, 2.75) is 20.0 Å². The molecule has 10 rings (SSSR count). The number of halogens is 2. The summed E-state index contributed by atoms with van der Waals surface area (Å²) in [6, 6.07) is 66.3. The number of rotatable bonds is 11. The fourth-order valence-electron chi connectivity index (χ4n) is 7.97. The zero-order valence-electron chi connectivity index (χ0n) is 36.1. The Kier molecular flexibility index (Phi) is 14.9. The molecule has 2 heterocycles. The van der Waals surface area contributed by atoms with Gasteiger partial charge in [-0.1, -0.05) is 147 Å².